The largest absolute Gasteiger partial charge is 0.418 e. The maximum Gasteiger partial charge on any atom is 0.418 e. The number of H-pyrrole nitrogens is 1. The molecule has 2 aromatic rings. The van der Waals surface area contributed by atoms with Crippen LogP contribution in [-0.4, -0.2) is 70.0 Å². The molecule has 2 aromatic heterocycles. The number of nitrogens with one attached hydrogen (secondary N) is 1. The third-order valence-corrected chi connectivity index (χ3v) is 8.22. The predicted octanol–water partition coefficient (Wildman–Crippen LogP) is 0.860. The predicted molar refractivity (Wildman–Crippen MR) is 107 cm³/mol. The highest BCUT2D eigenvalue weighted by molar-refractivity contribution is 5.94. The summed E-state index contributed by atoms with van der Waals surface area (Å²) in [6.07, 6.45) is 3.50. The fourth-order valence-corrected chi connectivity index (χ4v) is 6.58. The first kappa shape index (κ1) is 17.9. The maximum atomic E-state index is 13.2. The molecule has 1 aliphatic carbocycles. The van der Waals surface area contributed by atoms with Crippen LogP contribution in [0.15, 0.2) is 21.3 Å². The van der Waals surface area contributed by atoms with Gasteiger partial charge in [-0.1, -0.05) is 0 Å². The zero-order chi connectivity index (χ0) is 20.9. The summed E-state index contributed by atoms with van der Waals surface area (Å²) in [6.45, 7) is 2.81. The van der Waals surface area contributed by atoms with Gasteiger partial charge in [-0.2, -0.15) is 0 Å². The molecular formula is C22H24N4O5. The van der Waals surface area contributed by atoms with E-state index in [-0.39, 0.29) is 29.5 Å². The van der Waals surface area contributed by atoms with Crippen LogP contribution in [0.5, 0.6) is 0 Å². The number of carbonyl (C=O) groups is 2. The fourth-order valence-electron chi connectivity index (χ4n) is 6.58. The number of likely N-dealkylation sites (tertiary alicyclic amines) is 2. The normalized spacial score (nSPS) is 37.9. The molecule has 31 heavy (non-hydrogen) atoms. The zero-order valence-electron chi connectivity index (χ0n) is 17.0. The average Bonchev–Trinajstić information content (AvgIpc) is 3.10. The van der Waals surface area contributed by atoms with Crippen LogP contribution in [0.1, 0.15) is 29.8 Å². The van der Waals surface area contributed by atoms with E-state index in [1.807, 2.05) is 9.80 Å². The van der Waals surface area contributed by atoms with Crippen molar-refractivity contribution in [1.82, 2.24) is 19.8 Å². The third kappa shape index (κ3) is 2.65. The van der Waals surface area contributed by atoms with Crippen LogP contribution in [0.4, 0.5) is 0 Å². The number of hydrogen-bond acceptors (Lipinski definition) is 6. The van der Waals surface area contributed by atoms with E-state index < -0.39 is 5.76 Å². The molecule has 7 rings (SSSR count). The number of oxazole rings is 1. The van der Waals surface area contributed by atoms with Gasteiger partial charge in [0, 0.05) is 26.2 Å². The Labute approximate surface area is 177 Å². The molecule has 1 saturated carbocycles. The third-order valence-electron chi connectivity index (χ3n) is 8.22. The molecule has 0 radical (unpaired) electrons. The van der Waals surface area contributed by atoms with E-state index in [0.717, 1.165) is 31.8 Å². The SMILES string of the molecule is O=C(c1ccc2oc(=O)[nH]c2n1)N1CC[C@H]2CN(C(=O)[C@@H]3C[C@@H]4O[C@H]3[C@H]3C[C@H]34)C[C@H]2C1. The number of aromatic nitrogens is 2. The van der Waals surface area contributed by atoms with Crippen molar-refractivity contribution >= 4 is 23.0 Å². The Bertz CT molecular complexity index is 1160. The number of amides is 2. The molecule has 9 nitrogen and oxygen atoms in total. The topological polar surface area (TPSA) is 109 Å². The number of nitrogens with zero attached hydrogens (tertiary/aromatic N) is 3. The van der Waals surface area contributed by atoms with E-state index in [1.165, 1.54) is 6.42 Å². The first-order valence-electron chi connectivity index (χ1n) is 11.3. The van der Waals surface area contributed by atoms with Crippen molar-refractivity contribution in [3.05, 3.63) is 28.4 Å². The van der Waals surface area contributed by atoms with Gasteiger partial charge in [-0.25, -0.2) is 9.78 Å². The van der Waals surface area contributed by atoms with E-state index in [2.05, 4.69) is 9.97 Å². The van der Waals surface area contributed by atoms with Crippen LogP contribution in [0.25, 0.3) is 11.2 Å². The highest BCUT2D eigenvalue weighted by Gasteiger charge is 2.64. The van der Waals surface area contributed by atoms with Gasteiger partial charge in [-0.05, 0) is 55.1 Å². The molecule has 4 aliphatic heterocycles. The van der Waals surface area contributed by atoms with Crippen molar-refractivity contribution in [2.24, 2.45) is 29.6 Å². The highest BCUT2D eigenvalue weighted by Crippen LogP contribution is 2.61. The van der Waals surface area contributed by atoms with Gasteiger partial charge >= 0.3 is 5.76 Å². The second-order valence-electron chi connectivity index (χ2n) is 9.91. The van der Waals surface area contributed by atoms with Gasteiger partial charge in [-0.15, -0.1) is 0 Å². The Morgan fingerprint density at radius 3 is 2.74 bits per heavy atom. The summed E-state index contributed by atoms with van der Waals surface area (Å²) in [6, 6.07) is 3.19. The minimum absolute atomic E-state index is 0.0414. The van der Waals surface area contributed by atoms with E-state index in [4.69, 9.17) is 9.15 Å². The molecule has 7 atom stereocenters. The molecule has 6 heterocycles. The van der Waals surface area contributed by atoms with Crippen LogP contribution in [0.2, 0.25) is 0 Å². The van der Waals surface area contributed by atoms with Gasteiger partial charge in [-0.3, -0.25) is 14.6 Å². The van der Waals surface area contributed by atoms with E-state index in [1.54, 1.807) is 12.1 Å². The van der Waals surface area contributed by atoms with Gasteiger partial charge < -0.3 is 19.0 Å². The Hall–Kier alpha value is -2.68. The lowest BCUT2D eigenvalue weighted by Gasteiger charge is -2.33. The average molecular weight is 424 g/mol. The van der Waals surface area contributed by atoms with Crippen LogP contribution < -0.4 is 5.76 Å². The van der Waals surface area contributed by atoms with Gasteiger partial charge in [0.15, 0.2) is 11.2 Å². The molecule has 2 bridgehead atoms. The number of rotatable bonds is 2. The van der Waals surface area contributed by atoms with Crippen LogP contribution >= 0.6 is 0 Å². The van der Waals surface area contributed by atoms with Gasteiger partial charge in [0.25, 0.3) is 5.91 Å². The number of fused-ring (bicyclic) bond motifs is 7. The van der Waals surface area contributed by atoms with E-state index in [0.29, 0.717) is 48.2 Å². The lowest BCUT2D eigenvalue weighted by molar-refractivity contribution is -0.136. The standard InChI is InChI=1S/C22H24N4O5/c27-20(14-6-17-12-5-13(12)18(14)30-17)26-7-10-3-4-25(8-11(10)9-26)21(28)15-1-2-16-19(23-15)24-22(29)31-16/h1-2,10-14,17-18H,3-9H2,(H,23,24,29)/t10-,11+,12+,13-,14+,17-,18-/m0/s1. The maximum absolute atomic E-state index is 13.2. The molecule has 4 saturated heterocycles. The Kier molecular flexibility index (Phi) is 3.58. The van der Waals surface area contributed by atoms with E-state index >= 15 is 0 Å². The molecule has 0 unspecified atom stereocenters. The number of hydrogen-bond donors (Lipinski definition) is 1. The zero-order valence-corrected chi connectivity index (χ0v) is 17.0. The van der Waals surface area contributed by atoms with Crippen molar-refractivity contribution in [2.45, 2.75) is 31.5 Å². The van der Waals surface area contributed by atoms with Crippen molar-refractivity contribution in [1.29, 1.82) is 0 Å². The molecule has 5 fully saturated rings. The van der Waals surface area contributed by atoms with Crippen molar-refractivity contribution in [2.75, 3.05) is 26.2 Å². The minimum Gasteiger partial charge on any atom is -0.406 e. The molecule has 5 aliphatic rings. The summed E-state index contributed by atoms with van der Waals surface area (Å²) in [4.78, 5) is 48.2. The lowest BCUT2D eigenvalue weighted by atomic mass is 9.88. The van der Waals surface area contributed by atoms with E-state index in [9.17, 15) is 14.4 Å². The summed E-state index contributed by atoms with van der Waals surface area (Å²) in [7, 11) is 0. The molecular weight excluding hydrogens is 400 g/mol. The first-order chi connectivity index (χ1) is 15.0. The first-order valence-corrected chi connectivity index (χ1v) is 11.3. The molecule has 162 valence electrons. The number of aromatic amines is 1. The Balaban J connectivity index is 1.04. The summed E-state index contributed by atoms with van der Waals surface area (Å²) in [5, 5.41) is 0. The fraction of sp³-hybridized carbons (Fsp3) is 0.636. The van der Waals surface area contributed by atoms with Gasteiger partial charge in [0.1, 0.15) is 5.69 Å². The second-order valence-corrected chi connectivity index (χ2v) is 9.91. The smallest absolute Gasteiger partial charge is 0.406 e. The monoisotopic (exact) mass is 424 g/mol. The van der Waals surface area contributed by atoms with Gasteiger partial charge in [0.05, 0.1) is 18.1 Å². The summed E-state index contributed by atoms with van der Waals surface area (Å²) in [5.41, 5.74) is 0.925. The molecule has 2 amide bonds. The van der Waals surface area contributed by atoms with Crippen LogP contribution in [0, 0.1) is 29.6 Å². The summed E-state index contributed by atoms with van der Waals surface area (Å²) in [5.74, 6) is 1.67. The van der Waals surface area contributed by atoms with Crippen LogP contribution in [0.3, 0.4) is 0 Å². The molecule has 9 heteroatoms. The number of carbonyl (C=O) groups excluding carboxylic acids is 2. The number of piperidine rings is 1. The number of pyridine rings is 1. The Morgan fingerprint density at radius 1 is 1.06 bits per heavy atom. The van der Waals surface area contributed by atoms with Crippen LogP contribution in [-0.2, 0) is 9.53 Å². The summed E-state index contributed by atoms with van der Waals surface area (Å²) >= 11 is 0. The van der Waals surface area contributed by atoms with Crippen molar-refractivity contribution in [3.63, 3.8) is 0 Å². The highest BCUT2D eigenvalue weighted by atomic mass is 16.5. The lowest BCUT2D eigenvalue weighted by Crippen LogP contribution is -2.43. The van der Waals surface area contributed by atoms with Crippen molar-refractivity contribution in [3.8, 4) is 0 Å². The molecule has 0 aromatic carbocycles. The minimum atomic E-state index is -0.582. The number of ether oxygens (including phenoxy) is 1. The molecule has 0 spiro atoms. The van der Waals surface area contributed by atoms with Crippen molar-refractivity contribution < 1.29 is 18.7 Å². The second kappa shape index (κ2) is 6.18. The summed E-state index contributed by atoms with van der Waals surface area (Å²) < 4.78 is 11.0. The quantitative estimate of drug-likeness (QED) is 0.766. The van der Waals surface area contributed by atoms with Gasteiger partial charge in [0.2, 0.25) is 5.91 Å². The molecule has 1 N–H and O–H groups in total. The Morgan fingerprint density at radius 2 is 1.90 bits per heavy atom.